The molecular formula is C20H22FN3O4. The minimum absolute atomic E-state index is 0.0448. The van der Waals surface area contributed by atoms with Gasteiger partial charge >= 0.3 is 6.09 Å². The molecule has 2 aromatic rings. The Bertz CT molecular complexity index is 870. The molecule has 1 saturated carbocycles. The van der Waals surface area contributed by atoms with Crippen molar-refractivity contribution >= 4 is 17.7 Å². The molecule has 0 bridgehead atoms. The molecule has 28 heavy (non-hydrogen) atoms. The standard InChI is InChI=1S/C20H22FN3O4/c1-13(25)24-10-20(11-24)6-14(7-20)4-15-2-3-16(5-18(15)21)23-19(26)27-9-17-8-22-12-28-17/h2-3,5,8,12,14H,4,6-7,9-11H2,1H3,(H,23,26). The third-order valence-corrected chi connectivity index (χ3v) is 5.58. The molecular weight excluding hydrogens is 365 g/mol. The number of halogens is 1. The van der Waals surface area contributed by atoms with Crippen molar-refractivity contribution in [2.75, 3.05) is 18.4 Å². The van der Waals surface area contributed by atoms with Crippen molar-refractivity contribution in [3.63, 3.8) is 0 Å². The van der Waals surface area contributed by atoms with Gasteiger partial charge in [0.05, 0.1) is 6.20 Å². The molecule has 1 aromatic heterocycles. The van der Waals surface area contributed by atoms with Gasteiger partial charge in [0, 0.05) is 31.1 Å². The minimum Gasteiger partial charge on any atom is -0.445 e. The number of rotatable bonds is 5. The number of carbonyl (C=O) groups is 2. The number of anilines is 1. The Morgan fingerprint density at radius 2 is 2.18 bits per heavy atom. The zero-order valence-corrected chi connectivity index (χ0v) is 15.6. The monoisotopic (exact) mass is 387 g/mol. The molecule has 0 atom stereocenters. The lowest BCUT2D eigenvalue weighted by molar-refractivity contribution is -0.152. The summed E-state index contributed by atoms with van der Waals surface area (Å²) in [6, 6.07) is 4.68. The van der Waals surface area contributed by atoms with E-state index in [4.69, 9.17) is 9.15 Å². The number of aromatic nitrogens is 1. The molecule has 2 fully saturated rings. The Kier molecular flexibility index (Phi) is 4.78. The van der Waals surface area contributed by atoms with E-state index in [0.29, 0.717) is 29.3 Å². The van der Waals surface area contributed by atoms with Gasteiger partial charge in [-0.2, -0.15) is 0 Å². The van der Waals surface area contributed by atoms with E-state index in [1.165, 1.54) is 18.7 Å². The van der Waals surface area contributed by atoms with Crippen molar-refractivity contribution in [2.45, 2.75) is 32.8 Å². The number of hydrogen-bond acceptors (Lipinski definition) is 5. The quantitative estimate of drug-likeness (QED) is 0.850. The van der Waals surface area contributed by atoms with Crippen LogP contribution in [0.1, 0.15) is 31.1 Å². The summed E-state index contributed by atoms with van der Waals surface area (Å²) in [6.45, 7) is 3.22. The molecule has 148 valence electrons. The Balaban J connectivity index is 1.24. The van der Waals surface area contributed by atoms with E-state index in [1.54, 1.807) is 19.1 Å². The highest BCUT2D eigenvalue weighted by Crippen LogP contribution is 2.52. The molecule has 7 nitrogen and oxygen atoms in total. The van der Waals surface area contributed by atoms with Crippen LogP contribution in [0.2, 0.25) is 0 Å². The molecule has 1 spiro atoms. The van der Waals surface area contributed by atoms with Crippen LogP contribution >= 0.6 is 0 Å². The zero-order valence-electron chi connectivity index (χ0n) is 15.6. The van der Waals surface area contributed by atoms with Crippen molar-refractivity contribution < 1.29 is 23.1 Å². The maximum atomic E-state index is 14.4. The summed E-state index contributed by atoms with van der Waals surface area (Å²) in [5.74, 6) is 0.651. The topological polar surface area (TPSA) is 84.7 Å². The van der Waals surface area contributed by atoms with E-state index in [9.17, 15) is 14.0 Å². The Hall–Kier alpha value is -2.90. The molecule has 4 rings (SSSR count). The van der Waals surface area contributed by atoms with Crippen molar-refractivity contribution in [1.82, 2.24) is 9.88 Å². The fourth-order valence-corrected chi connectivity index (χ4v) is 4.26. The first kappa shape index (κ1) is 18.5. The second-order valence-electron chi connectivity index (χ2n) is 7.83. The van der Waals surface area contributed by atoms with Crippen LogP contribution in [0.3, 0.4) is 0 Å². The molecule has 1 N–H and O–H groups in total. The van der Waals surface area contributed by atoms with Crippen LogP contribution in [0, 0.1) is 17.2 Å². The molecule has 1 aromatic carbocycles. The highest BCUT2D eigenvalue weighted by Gasteiger charge is 2.52. The lowest BCUT2D eigenvalue weighted by Gasteiger charge is -2.59. The maximum Gasteiger partial charge on any atom is 0.412 e. The van der Waals surface area contributed by atoms with Crippen LogP contribution < -0.4 is 5.32 Å². The number of nitrogens with one attached hydrogen (secondary N) is 1. The van der Waals surface area contributed by atoms with E-state index >= 15 is 0 Å². The molecule has 2 aliphatic rings. The predicted octanol–water partition coefficient (Wildman–Crippen LogP) is 3.36. The normalized spacial score (nSPS) is 17.7. The number of hydrogen-bond donors (Lipinski definition) is 1. The van der Waals surface area contributed by atoms with Crippen LogP contribution in [-0.2, 0) is 22.6 Å². The van der Waals surface area contributed by atoms with Crippen molar-refractivity contribution in [2.24, 2.45) is 11.3 Å². The third-order valence-electron chi connectivity index (χ3n) is 5.58. The first-order valence-corrected chi connectivity index (χ1v) is 9.28. The van der Waals surface area contributed by atoms with Crippen molar-refractivity contribution in [3.05, 3.63) is 47.9 Å². The largest absolute Gasteiger partial charge is 0.445 e. The lowest BCUT2D eigenvalue weighted by Crippen LogP contribution is -2.63. The van der Waals surface area contributed by atoms with Crippen LogP contribution in [0.25, 0.3) is 0 Å². The average molecular weight is 387 g/mol. The Labute approximate surface area is 161 Å². The number of likely N-dealkylation sites (tertiary alicyclic amines) is 1. The molecule has 1 saturated heterocycles. The summed E-state index contributed by atoms with van der Waals surface area (Å²) < 4.78 is 24.4. The molecule has 8 heteroatoms. The van der Waals surface area contributed by atoms with Crippen LogP contribution in [0.15, 0.2) is 35.2 Å². The van der Waals surface area contributed by atoms with E-state index in [1.807, 2.05) is 4.90 Å². The Morgan fingerprint density at radius 3 is 2.82 bits per heavy atom. The Morgan fingerprint density at radius 1 is 1.39 bits per heavy atom. The second kappa shape index (κ2) is 7.26. The summed E-state index contributed by atoms with van der Waals surface area (Å²) in [7, 11) is 0. The SMILES string of the molecule is CC(=O)N1CC2(CC(Cc3ccc(NC(=O)OCc4cnco4)cc3F)C2)C1. The van der Waals surface area contributed by atoms with Crippen LogP contribution in [-0.4, -0.2) is 35.0 Å². The van der Waals surface area contributed by atoms with Gasteiger partial charge in [-0.3, -0.25) is 10.1 Å². The van der Waals surface area contributed by atoms with Gasteiger partial charge in [0.15, 0.2) is 18.8 Å². The fourth-order valence-electron chi connectivity index (χ4n) is 4.26. The number of ether oxygens (including phenoxy) is 1. The van der Waals surface area contributed by atoms with Gasteiger partial charge in [0.1, 0.15) is 5.82 Å². The highest BCUT2D eigenvalue weighted by atomic mass is 19.1. The van der Waals surface area contributed by atoms with E-state index < -0.39 is 6.09 Å². The summed E-state index contributed by atoms with van der Waals surface area (Å²) in [5, 5.41) is 2.50. The van der Waals surface area contributed by atoms with Crippen LogP contribution in [0.5, 0.6) is 0 Å². The molecule has 2 heterocycles. The predicted molar refractivity (Wildman–Crippen MR) is 97.8 cm³/mol. The lowest BCUT2D eigenvalue weighted by atomic mass is 9.56. The van der Waals surface area contributed by atoms with Gasteiger partial charge in [-0.1, -0.05) is 6.07 Å². The minimum atomic E-state index is -0.690. The van der Waals surface area contributed by atoms with Gasteiger partial charge in [-0.25, -0.2) is 14.2 Å². The first-order valence-electron chi connectivity index (χ1n) is 9.28. The number of nitrogens with zero attached hydrogens (tertiary/aromatic N) is 2. The number of benzene rings is 1. The second-order valence-corrected chi connectivity index (χ2v) is 7.83. The van der Waals surface area contributed by atoms with Gasteiger partial charge in [-0.05, 0) is 42.9 Å². The van der Waals surface area contributed by atoms with Crippen molar-refractivity contribution in [3.8, 4) is 0 Å². The number of amides is 2. The summed E-state index contributed by atoms with van der Waals surface area (Å²) in [6.07, 6.45) is 4.74. The highest BCUT2D eigenvalue weighted by molar-refractivity contribution is 5.84. The van der Waals surface area contributed by atoms with Crippen molar-refractivity contribution in [1.29, 1.82) is 0 Å². The van der Waals surface area contributed by atoms with Gasteiger partial charge in [0.2, 0.25) is 5.91 Å². The summed E-state index contributed by atoms with van der Waals surface area (Å²) >= 11 is 0. The summed E-state index contributed by atoms with van der Waals surface area (Å²) in [4.78, 5) is 28.7. The molecule has 0 unspecified atom stereocenters. The van der Waals surface area contributed by atoms with Gasteiger partial charge in [-0.15, -0.1) is 0 Å². The molecule has 1 aliphatic carbocycles. The van der Waals surface area contributed by atoms with Gasteiger partial charge in [0.25, 0.3) is 0 Å². The third kappa shape index (κ3) is 3.85. The van der Waals surface area contributed by atoms with Gasteiger partial charge < -0.3 is 14.1 Å². The zero-order chi connectivity index (χ0) is 19.7. The molecule has 1 aliphatic heterocycles. The summed E-state index contributed by atoms with van der Waals surface area (Å²) in [5.41, 5.74) is 1.25. The maximum absolute atomic E-state index is 14.4. The molecule has 2 amide bonds. The average Bonchev–Trinajstić information content (AvgIpc) is 3.09. The molecule has 0 radical (unpaired) electrons. The first-order chi connectivity index (χ1) is 13.4. The number of oxazole rings is 1. The number of carbonyl (C=O) groups excluding carboxylic acids is 2. The smallest absolute Gasteiger partial charge is 0.412 e. The van der Waals surface area contributed by atoms with E-state index in [-0.39, 0.29) is 23.7 Å². The van der Waals surface area contributed by atoms with E-state index in [2.05, 4.69) is 10.3 Å². The fraction of sp³-hybridized carbons (Fsp3) is 0.450. The van der Waals surface area contributed by atoms with E-state index in [0.717, 1.165) is 25.9 Å². The van der Waals surface area contributed by atoms with Crippen LogP contribution in [0.4, 0.5) is 14.9 Å².